The van der Waals surface area contributed by atoms with E-state index in [2.05, 4.69) is 41.8 Å². The first-order chi connectivity index (χ1) is 18.5. The van der Waals surface area contributed by atoms with Crippen molar-refractivity contribution in [2.24, 2.45) is 5.92 Å². The fraction of sp³-hybridized carbons (Fsp3) is 0.154. The van der Waals surface area contributed by atoms with Gasteiger partial charge in [-0.2, -0.15) is 9.78 Å². The number of rotatable bonds is 4. The average Bonchev–Trinajstić information content (AvgIpc) is 3.35. The summed E-state index contributed by atoms with van der Waals surface area (Å²) in [6.07, 6.45) is 4.38. The molecular formula is C26H19ClN10O. The number of nitrogens with two attached hydrogens (primary N) is 1. The number of nitrogens with zero attached hydrogens (tertiary/aromatic N) is 7. The Morgan fingerprint density at radius 1 is 1.08 bits per heavy atom. The van der Waals surface area contributed by atoms with Gasteiger partial charge in [0, 0.05) is 39.2 Å². The van der Waals surface area contributed by atoms with E-state index in [1.54, 1.807) is 16.8 Å². The Bertz CT molecular complexity index is 1940. The second kappa shape index (κ2) is 7.62. The molecule has 1 aliphatic carbocycles. The number of hydrogen-bond donors (Lipinski definition) is 3. The van der Waals surface area contributed by atoms with E-state index >= 15 is 0 Å². The predicted molar refractivity (Wildman–Crippen MR) is 141 cm³/mol. The fourth-order valence-corrected chi connectivity index (χ4v) is 6.01. The molecule has 12 heteroatoms. The maximum Gasteiger partial charge on any atom is 0.251 e. The molecule has 1 saturated carbocycles. The van der Waals surface area contributed by atoms with Crippen LogP contribution in [0.3, 0.4) is 0 Å². The summed E-state index contributed by atoms with van der Waals surface area (Å²) >= 11 is 6.34. The molecule has 6 aromatic rings. The summed E-state index contributed by atoms with van der Waals surface area (Å²) in [7, 11) is 0. The van der Waals surface area contributed by atoms with Crippen LogP contribution in [0.15, 0.2) is 65.8 Å². The van der Waals surface area contributed by atoms with Crippen molar-refractivity contribution >= 4 is 28.3 Å². The van der Waals surface area contributed by atoms with Crippen LogP contribution in [0.1, 0.15) is 29.8 Å². The van der Waals surface area contributed by atoms with Gasteiger partial charge in [0.2, 0.25) is 0 Å². The highest BCUT2D eigenvalue weighted by atomic mass is 35.5. The maximum atomic E-state index is 13.6. The smallest absolute Gasteiger partial charge is 0.251 e. The Morgan fingerprint density at radius 3 is 2.87 bits per heavy atom. The van der Waals surface area contributed by atoms with Gasteiger partial charge in [-0.1, -0.05) is 17.7 Å². The summed E-state index contributed by atoms with van der Waals surface area (Å²) < 4.78 is 3.47. The van der Waals surface area contributed by atoms with Gasteiger partial charge in [0.1, 0.15) is 12.2 Å². The molecule has 4 aromatic heterocycles. The quantitative estimate of drug-likeness (QED) is 0.319. The van der Waals surface area contributed by atoms with Gasteiger partial charge in [0.05, 0.1) is 29.1 Å². The highest BCUT2D eigenvalue weighted by molar-refractivity contribution is 6.31. The number of aromatic nitrogens is 9. The summed E-state index contributed by atoms with van der Waals surface area (Å²) in [4.78, 5) is 21.7. The summed E-state index contributed by atoms with van der Waals surface area (Å²) in [5.41, 5.74) is 11.9. The largest absolute Gasteiger partial charge is 0.382 e. The standard InChI is InChI=1S/C26H19ClN10O/c27-14-2-4-21(36-11-30-34-35-36)16(8-14)13-6-22-17-9-18(17)24(37(22)23(38)7-13)20-10-29-26(31-20)12-1-3-15-19(5-12)32-33-25(15)28/h1-8,10-11,17-18,24H,9H2,(H,29,31)(H3,28,32,33)/t17?,18-,24?/m1/s1. The topological polar surface area (TPSA) is 149 Å². The van der Waals surface area contributed by atoms with Crippen LogP contribution in [0.4, 0.5) is 5.82 Å². The van der Waals surface area contributed by atoms with Gasteiger partial charge in [-0.05, 0) is 64.7 Å². The van der Waals surface area contributed by atoms with E-state index < -0.39 is 0 Å². The monoisotopic (exact) mass is 522 g/mol. The number of nitrogen functional groups attached to an aromatic ring is 1. The molecule has 0 bridgehead atoms. The van der Waals surface area contributed by atoms with Gasteiger partial charge >= 0.3 is 0 Å². The number of fused-ring (bicyclic) bond motifs is 4. The van der Waals surface area contributed by atoms with E-state index in [0.717, 1.165) is 56.9 Å². The van der Waals surface area contributed by atoms with Gasteiger partial charge in [0.15, 0.2) is 5.82 Å². The molecule has 3 atom stereocenters. The molecule has 1 aliphatic heterocycles. The third-order valence-corrected chi connectivity index (χ3v) is 7.88. The zero-order valence-corrected chi connectivity index (χ0v) is 20.5. The van der Waals surface area contributed by atoms with E-state index in [0.29, 0.717) is 22.7 Å². The first-order valence-corrected chi connectivity index (χ1v) is 12.5. The zero-order valence-electron chi connectivity index (χ0n) is 19.7. The molecule has 186 valence electrons. The number of benzene rings is 2. The van der Waals surface area contributed by atoms with Crippen molar-refractivity contribution in [1.82, 2.24) is 44.9 Å². The number of imidazole rings is 1. The lowest BCUT2D eigenvalue weighted by Gasteiger charge is -2.18. The maximum absolute atomic E-state index is 13.6. The molecule has 0 saturated heterocycles. The number of aromatic amines is 2. The molecular weight excluding hydrogens is 504 g/mol. The molecule has 38 heavy (non-hydrogen) atoms. The molecule has 1 fully saturated rings. The molecule has 2 unspecified atom stereocenters. The third kappa shape index (κ3) is 3.08. The van der Waals surface area contributed by atoms with Crippen molar-refractivity contribution in [2.75, 3.05) is 5.73 Å². The summed E-state index contributed by atoms with van der Waals surface area (Å²) in [5, 5.41) is 20.0. The van der Waals surface area contributed by atoms with Crippen LogP contribution in [0.25, 0.3) is 39.1 Å². The van der Waals surface area contributed by atoms with Crippen LogP contribution in [0.2, 0.25) is 5.02 Å². The van der Waals surface area contributed by atoms with Crippen molar-refractivity contribution in [3.63, 3.8) is 0 Å². The van der Waals surface area contributed by atoms with Gasteiger partial charge < -0.3 is 15.3 Å². The number of tetrazole rings is 1. The van der Waals surface area contributed by atoms with Crippen LogP contribution in [0, 0.1) is 5.92 Å². The van der Waals surface area contributed by atoms with Crippen molar-refractivity contribution in [3.05, 3.63) is 87.8 Å². The number of halogens is 1. The number of nitrogens with one attached hydrogen (secondary N) is 2. The van der Waals surface area contributed by atoms with Crippen molar-refractivity contribution < 1.29 is 0 Å². The Kier molecular flexibility index (Phi) is 4.28. The van der Waals surface area contributed by atoms with Crippen LogP contribution < -0.4 is 11.3 Å². The minimum Gasteiger partial charge on any atom is -0.382 e. The Hall–Kier alpha value is -4.77. The molecule has 11 nitrogen and oxygen atoms in total. The first-order valence-electron chi connectivity index (χ1n) is 12.1. The number of hydrogen-bond acceptors (Lipinski definition) is 7. The highest BCUT2D eigenvalue weighted by Crippen LogP contribution is 2.60. The third-order valence-electron chi connectivity index (χ3n) is 7.65. The lowest BCUT2D eigenvalue weighted by molar-refractivity contribution is 0.528. The van der Waals surface area contributed by atoms with Gasteiger partial charge in [-0.3, -0.25) is 9.89 Å². The minimum atomic E-state index is -0.0947. The molecule has 2 aliphatic rings. The van der Waals surface area contributed by atoms with E-state index in [-0.39, 0.29) is 11.6 Å². The van der Waals surface area contributed by atoms with Gasteiger partial charge in [-0.15, -0.1) is 5.10 Å². The lowest BCUT2D eigenvalue weighted by Crippen LogP contribution is -2.26. The average molecular weight is 523 g/mol. The number of anilines is 1. The lowest BCUT2D eigenvalue weighted by atomic mass is 10.0. The molecule has 4 N–H and O–H groups in total. The van der Waals surface area contributed by atoms with Crippen molar-refractivity contribution in [3.8, 4) is 28.2 Å². The van der Waals surface area contributed by atoms with Crippen LogP contribution in [-0.4, -0.2) is 44.9 Å². The Balaban J connectivity index is 1.20. The Labute approximate surface area is 219 Å². The van der Waals surface area contributed by atoms with E-state index in [1.165, 1.54) is 6.33 Å². The second-order valence-corrected chi connectivity index (χ2v) is 10.2. The van der Waals surface area contributed by atoms with Crippen LogP contribution in [0.5, 0.6) is 0 Å². The zero-order chi connectivity index (χ0) is 25.5. The van der Waals surface area contributed by atoms with E-state index in [4.69, 9.17) is 17.3 Å². The number of H-pyrrole nitrogens is 2. The minimum absolute atomic E-state index is 0.0668. The molecule has 5 heterocycles. The summed E-state index contributed by atoms with van der Waals surface area (Å²) in [6, 6.07) is 15.0. The van der Waals surface area contributed by atoms with Crippen LogP contribution in [-0.2, 0) is 0 Å². The van der Waals surface area contributed by atoms with Gasteiger partial charge in [0.25, 0.3) is 5.56 Å². The summed E-state index contributed by atoms with van der Waals surface area (Å²) in [6.45, 7) is 0. The molecule has 0 amide bonds. The van der Waals surface area contributed by atoms with Crippen LogP contribution >= 0.6 is 11.6 Å². The highest BCUT2D eigenvalue weighted by Gasteiger charge is 2.53. The predicted octanol–water partition coefficient (Wildman–Crippen LogP) is 3.70. The molecule has 0 spiro atoms. The fourth-order valence-electron chi connectivity index (χ4n) is 5.84. The first kappa shape index (κ1) is 21.3. The van der Waals surface area contributed by atoms with E-state index in [1.807, 2.05) is 41.1 Å². The van der Waals surface area contributed by atoms with E-state index in [9.17, 15) is 4.79 Å². The number of pyridine rings is 1. The van der Waals surface area contributed by atoms with Crippen molar-refractivity contribution in [2.45, 2.75) is 18.4 Å². The van der Waals surface area contributed by atoms with Gasteiger partial charge in [-0.25, -0.2) is 4.98 Å². The Morgan fingerprint density at radius 2 is 2.00 bits per heavy atom. The summed E-state index contributed by atoms with van der Waals surface area (Å²) in [5.74, 6) is 1.87. The molecule has 2 aromatic carbocycles. The second-order valence-electron chi connectivity index (χ2n) is 9.80. The normalized spacial score (nSPS) is 19.6. The SMILES string of the molecule is Nc1n[nH]c2cc(-c3ncc(C4[C@@H]5CC5c5cc(-c6cc(Cl)ccc6-n6cnnn6)cc(=O)n54)[nH]3)ccc12. The van der Waals surface area contributed by atoms with Crippen molar-refractivity contribution in [1.29, 1.82) is 0 Å². The molecule has 0 radical (unpaired) electrons. The molecule has 8 rings (SSSR count).